The molecule has 0 aromatic heterocycles. The lowest BCUT2D eigenvalue weighted by Crippen LogP contribution is -1.87. The Bertz CT molecular complexity index is 154. The van der Waals surface area contributed by atoms with Crippen molar-refractivity contribution in [2.45, 2.75) is 26.7 Å². The Hall–Kier alpha value is -0.590. The minimum absolute atomic E-state index is 0.940. The van der Waals surface area contributed by atoms with Gasteiger partial charge in [-0.1, -0.05) is 18.9 Å². The summed E-state index contributed by atoms with van der Waals surface area (Å²) in [7, 11) is 0. The van der Waals surface area contributed by atoms with Crippen molar-refractivity contribution in [3.05, 3.63) is 11.6 Å². The lowest BCUT2D eigenvalue weighted by atomic mass is 10.2. The third-order valence-corrected chi connectivity index (χ3v) is 1.45. The van der Waals surface area contributed by atoms with Gasteiger partial charge in [0.2, 0.25) is 0 Å². The van der Waals surface area contributed by atoms with Crippen molar-refractivity contribution in [3.63, 3.8) is 0 Å². The van der Waals surface area contributed by atoms with Crippen molar-refractivity contribution in [1.29, 1.82) is 0 Å². The molecule has 0 unspecified atom stereocenters. The van der Waals surface area contributed by atoms with Crippen LogP contribution in [0.2, 0.25) is 0 Å². The van der Waals surface area contributed by atoms with Crippen LogP contribution in [0, 0.1) is 0 Å². The van der Waals surface area contributed by atoms with E-state index in [4.69, 9.17) is 0 Å². The van der Waals surface area contributed by atoms with Gasteiger partial charge in [-0.05, 0) is 19.4 Å². The van der Waals surface area contributed by atoms with Crippen LogP contribution in [0.1, 0.15) is 26.7 Å². The van der Waals surface area contributed by atoms with Crippen LogP contribution in [-0.2, 0) is 0 Å². The van der Waals surface area contributed by atoms with Gasteiger partial charge in [-0.3, -0.25) is 4.99 Å². The highest BCUT2D eigenvalue weighted by Crippen LogP contribution is 2.07. The van der Waals surface area contributed by atoms with Gasteiger partial charge in [-0.2, -0.15) is 0 Å². The quantitative estimate of drug-likeness (QED) is 0.533. The highest BCUT2D eigenvalue weighted by atomic mass is 14.8. The predicted molar refractivity (Wildman–Crippen MR) is 41.0 cm³/mol. The lowest BCUT2D eigenvalue weighted by Gasteiger charge is -1.89. The summed E-state index contributed by atoms with van der Waals surface area (Å²) in [4.78, 5) is 4.33. The van der Waals surface area contributed by atoms with E-state index in [0.717, 1.165) is 13.0 Å². The van der Waals surface area contributed by atoms with Crippen LogP contribution in [-0.4, -0.2) is 12.3 Å². The molecule has 9 heavy (non-hydrogen) atoms. The summed E-state index contributed by atoms with van der Waals surface area (Å²) in [5, 5.41) is 0. The molecule has 0 fully saturated rings. The van der Waals surface area contributed by atoms with Crippen LogP contribution in [0.25, 0.3) is 0 Å². The maximum Gasteiger partial charge on any atom is 0.0603 e. The largest absolute Gasteiger partial charge is 0.285 e. The molecule has 0 saturated carbocycles. The number of hydrogen-bond acceptors (Lipinski definition) is 1. The van der Waals surface area contributed by atoms with Crippen LogP contribution in [0.3, 0.4) is 0 Å². The molecular formula is C8H13N. The van der Waals surface area contributed by atoms with Crippen molar-refractivity contribution in [1.82, 2.24) is 0 Å². The number of nitrogens with zero attached hydrogens (tertiary/aromatic N) is 1. The summed E-state index contributed by atoms with van der Waals surface area (Å²) in [6, 6.07) is 0. The first-order valence-corrected chi connectivity index (χ1v) is 3.53. The van der Waals surface area contributed by atoms with Crippen LogP contribution in [0.4, 0.5) is 0 Å². The lowest BCUT2D eigenvalue weighted by molar-refractivity contribution is 0.993. The normalized spacial score (nSPS) is 17.6. The van der Waals surface area contributed by atoms with Crippen LogP contribution in [0.5, 0.6) is 0 Å². The minimum Gasteiger partial charge on any atom is -0.285 e. The zero-order valence-corrected chi connectivity index (χ0v) is 6.15. The van der Waals surface area contributed by atoms with Gasteiger partial charge in [0.1, 0.15) is 0 Å². The number of rotatable bonds is 2. The molecular weight excluding hydrogens is 110 g/mol. The Labute approximate surface area is 56.5 Å². The fourth-order valence-corrected chi connectivity index (χ4v) is 1.01. The Kier molecular flexibility index (Phi) is 2.04. The molecule has 0 bridgehead atoms. The Morgan fingerprint density at radius 2 is 2.44 bits per heavy atom. The first-order valence-electron chi connectivity index (χ1n) is 3.53. The molecule has 1 nitrogen and oxygen atoms in total. The molecule has 0 aliphatic carbocycles. The minimum atomic E-state index is 0.940. The summed E-state index contributed by atoms with van der Waals surface area (Å²) in [5.74, 6) is 0. The van der Waals surface area contributed by atoms with Gasteiger partial charge >= 0.3 is 0 Å². The highest BCUT2D eigenvalue weighted by molar-refractivity contribution is 5.97. The van der Waals surface area contributed by atoms with E-state index < -0.39 is 0 Å². The van der Waals surface area contributed by atoms with Crippen LogP contribution >= 0.6 is 0 Å². The standard InChI is InChI=1S/C8H13N/c1-3-4-8-5-7(2)6-9-8/h5H,3-4,6H2,1-2H3. The molecule has 0 amide bonds. The van der Waals surface area contributed by atoms with Crippen molar-refractivity contribution >= 4 is 5.71 Å². The Balaban J connectivity index is 2.43. The monoisotopic (exact) mass is 123 g/mol. The third-order valence-electron chi connectivity index (χ3n) is 1.45. The zero-order valence-electron chi connectivity index (χ0n) is 6.15. The van der Waals surface area contributed by atoms with Crippen molar-refractivity contribution in [2.24, 2.45) is 4.99 Å². The number of hydrogen-bond donors (Lipinski definition) is 0. The average molecular weight is 123 g/mol. The third kappa shape index (κ3) is 1.67. The summed E-state index contributed by atoms with van der Waals surface area (Å²) in [5.41, 5.74) is 2.69. The molecule has 0 saturated heterocycles. The Morgan fingerprint density at radius 3 is 2.89 bits per heavy atom. The van der Waals surface area contributed by atoms with E-state index in [1.54, 1.807) is 0 Å². The van der Waals surface area contributed by atoms with Gasteiger partial charge in [-0.25, -0.2) is 0 Å². The zero-order chi connectivity index (χ0) is 6.69. The van der Waals surface area contributed by atoms with Crippen molar-refractivity contribution < 1.29 is 0 Å². The smallest absolute Gasteiger partial charge is 0.0603 e. The van der Waals surface area contributed by atoms with E-state index in [-0.39, 0.29) is 0 Å². The highest BCUT2D eigenvalue weighted by Gasteiger charge is 2.01. The average Bonchev–Trinajstić information content (AvgIpc) is 2.17. The summed E-state index contributed by atoms with van der Waals surface area (Å²) in [6.45, 7) is 5.26. The molecule has 0 spiro atoms. The van der Waals surface area contributed by atoms with E-state index in [0.29, 0.717) is 0 Å². The molecule has 0 N–H and O–H groups in total. The van der Waals surface area contributed by atoms with Crippen molar-refractivity contribution in [2.75, 3.05) is 6.54 Å². The maximum atomic E-state index is 4.33. The number of allylic oxidation sites excluding steroid dienone is 1. The second-order valence-electron chi connectivity index (χ2n) is 2.55. The molecule has 0 aromatic carbocycles. The van der Waals surface area contributed by atoms with Crippen LogP contribution in [0.15, 0.2) is 16.6 Å². The first-order chi connectivity index (χ1) is 4.33. The molecule has 1 heteroatoms. The van der Waals surface area contributed by atoms with Gasteiger partial charge in [0.05, 0.1) is 6.54 Å². The van der Waals surface area contributed by atoms with E-state index in [2.05, 4.69) is 24.9 Å². The fraction of sp³-hybridized carbons (Fsp3) is 0.625. The summed E-state index contributed by atoms with van der Waals surface area (Å²) < 4.78 is 0. The number of aliphatic imine (C=N–C) groups is 1. The molecule has 1 aliphatic rings. The molecule has 1 rings (SSSR count). The molecule has 0 aromatic rings. The molecule has 1 heterocycles. The van der Waals surface area contributed by atoms with Crippen LogP contribution < -0.4 is 0 Å². The van der Waals surface area contributed by atoms with Gasteiger partial charge in [0, 0.05) is 5.71 Å². The van der Waals surface area contributed by atoms with Gasteiger partial charge < -0.3 is 0 Å². The predicted octanol–water partition coefficient (Wildman–Crippen LogP) is 2.19. The van der Waals surface area contributed by atoms with Gasteiger partial charge in [-0.15, -0.1) is 0 Å². The van der Waals surface area contributed by atoms with E-state index in [1.165, 1.54) is 17.7 Å². The second-order valence-corrected chi connectivity index (χ2v) is 2.55. The molecule has 0 atom stereocenters. The van der Waals surface area contributed by atoms with Crippen molar-refractivity contribution in [3.8, 4) is 0 Å². The Morgan fingerprint density at radius 1 is 1.67 bits per heavy atom. The molecule has 50 valence electrons. The van der Waals surface area contributed by atoms with E-state index in [9.17, 15) is 0 Å². The topological polar surface area (TPSA) is 12.4 Å². The van der Waals surface area contributed by atoms with Gasteiger partial charge in [0.25, 0.3) is 0 Å². The molecule has 1 aliphatic heterocycles. The van der Waals surface area contributed by atoms with E-state index in [1.807, 2.05) is 0 Å². The SMILES string of the molecule is CCCC1=NCC(C)=C1. The fourth-order valence-electron chi connectivity index (χ4n) is 1.01. The second kappa shape index (κ2) is 2.81. The van der Waals surface area contributed by atoms with E-state index >= 15 is 0 Å². The maximum absolute atomic E-state index is 4.33. The molecule has 0 radical (unpaired) electrons. The summed E-state index contributed by atoms with van der Waals surface area (Å²) >= 11 is 0. The van der Waals surface area contributed by atoms with Gasteiger partial charge in [0.15, 0.2) is 0 Å². The first kappa shape index (κ1) is 6.53. The summed E-state index contributed by atoms with van der Waals surface area (Å²) in [6.07, 6.45) is 4.56.